The van der Waals surface area contributed by atoms with Gasteiger partial charge in [-0.3, -0.25) is 0 Å². The van der Waals surface area contributed by atoms with Gasteiger partial charge in [-0.05, 0) is 87.1 Å². The topological polar surface area (TPSA) is 16.4 Å². The van der Waals surface area contributed by atoms with Gasteiger partial charge in [0.05, 0.1) is 5.69 Å². The van der Waals surface area contributed by atoms with E-state index in [2.05, 4.69) is 199 Å². The van der Waals surface area contributed by atoms with E-state index < -0.39 is 0 Å². The van der Waals surface area contributed by atoms with Crippen LogP contribution in [0.4, 0.5) is 17.1 Å². The maximum atomic E-state index is 6.38. The standard InChI is InChI=1S/C52H33NOS/c1-2-17-39-34(13-1)14-10-21-40(39)35-29-31-37(32-30-35)53(38-16-9-15-36(33-38)41-22-11-24-45-43-19-5-8-28-50(43)55-52(41)45)47-25-6-3-18-42(47)44-23-12-27-49-51(44)46-20-4-7-26-48(46)54-49/h1-33H. The Hall–Kier alpha value is -6.94. The zero-order valence-electron chi connectivity index (χ0n) is 29.8. The van der Waals surface area contributed by atoms with E-state index in [1.807, 2.05) is 17.4 Å². The molecule has 2 heterocycles. The molecule has 11 aromatic rings. The third-order valence-corrected chi connectivity index (χ3v) is 12.1. The SMILES string of the molecule is c1cc(-c2cccc3c2sc2ccccc23)cc(N(c2ccc(-c3cccc4ccccc34)cc2)c2ccccc2-c2cccc3oc4ccccc4c23)c1. The predicted molar refractivity (Wildman–Crippen MR) is 235 cm³/mol. The monoisotopic (exact) mass is 719 g/mol. The Morgan fingerprint density at radius 2 is 1.02 bits per heavy atom. The Bertz CT molecular complexity index is 3220. The summed E-state index contributed by atoms with van der Waals surface area (Å²) in [4.78, 5) is 2.41. The highest BCUT2D eigenvalue weighted by atomic mass is 32.1. The molecule has 258 valence electrons. The summed E-state index contributed by atoms with van der Waals surface area (Å²) in [6.45, 7) is 0. The quantitative estimate of drug-likeness (QED) is 0.170. The molecule has 2 aromatic heterocycles. The van der Waals surface area contributed by atoms with E-state index in [0.717, 1.165) is 50.1 Å². The van der Waals surface area contributed by atoms with Crippen LogP contribution in [0.15, 0.2) is 205 Å². The molecule has 0 spiro atoms. The molecule has 0 fully saturated rings. The number of anilines is 3. The van der Waals surface area contributed by atoms with Crippen molar-refractivity contribution in [1.29, 1.82) is 0 Å². The number of rotatable bonds is 6. The fourth-order valence-electron chi connectivity index (χ4n) is 8.38. The summed E-state index contributed by atoms with van der Waals surface area (Å²) in [6, 6.07) is 72.2. The molecule has 0 N–H and O–H groups in total. The van der Waals surface area contributed by atoms with Crippen LogP contribution in [-0.4, -0.2) is 0 Å². The highest BCUT2D eigenvalue weighted by Crippen LogP contribution is 2.47. The summed E-state index contributed by atoms with van der Waals surface area (Å²) >= 11 is 1.87. The molecule has 55 heavy (non-hydrogen) atoms. The number of hydrogen-bond donors (Lipinski definition) is 0. The second-order valence-corrected chi connectivity index (χ2v) is 15.1. The zero-order chi connectivity index (χ0) is 36.3. The van der Waals surface area contributed by atoms with Crippen molar-refractivity contribution in [2.75, 3.05) is 4.90 Å². The maximum absolute atomic E-state index is 6.38. The Labute approximate surface area is 322 Å². The maximum Gasteiger partial charge on any atom is 0.136 e. The molecule has 0 radical (unpaired) electrons. The summed E-state index contributed by atoms with van der Waals surface area (Å²) in [6.07, 6.45) is 0. The first-order valence-electron chi connectivity index (χ1n) is 18.7. The number of nitrogens with zero attached hydrogens (tertiary/aromatic N) is 1. The molecule has 0 amide bonds. The molecule has 2 nitrogen and oxygen atoms in total. The lowest BCUT2D eigenvalue weighted by atomic mass is 9.96. The first-order valence-corrected chi connectivity index (χ1v) is 19.5. The van der Waals surface area contributed by atoms with Crippen molar-refractivity contribution in [3.63, 3.8) is 0 Å². The summed E-state index contributed by atoms with van der Waals surface area (Å²) < 4.78 is 9.00. The Kier molecular flexibility index (Phi) is 7.39. The van der Waals surface area contributed by atoms with E-state index in [0.29, 0.717) is 0 Å². The van der Waals surface area contributed by atoms with E-state index in [-0.39, 0.29) is 0 Å². The third kappa shape index (κ3) is 5.24. The molecule has 0 saturated heterocycles. The van der Waals surface area contributed by atoms with Gasteiger partial charge in [-0.1, -0.05) is 152 Å². The van der Waals surface area contributed by atoms with Crippen LogP contribution in [0.25, 0.3) is 86.3 Å². The lowest BCUT2D eigenvalue weighted by molar-refractivity contribution is 0.669. The average molecular weight is 720 g/mol. The van der Waals surface area contributed by atoms with E-state index in [1.54, 1.807) is 0 Å². The molecule has 0 aliphatic carbocycles. The van der Waals surface area contributed by atoms with Gasteiger partial charge in [-0.2, -0.15) is 0 Å². The van der Waals surface area contributed by atoms with Crippen molar-refractivity contribution >= 4 is 81.3 Å². The molecule has 0 aliphatic rings. The average Bonchev–Trinajstić information content (AvgIpc) is 3.83. The third-order valence-electron chi connectivity index (χ3n) is 10.9. The first kappa shape index (κ1) is 31.6. The normalized spacial score (nSPS) is 11.6. The number of para-hydroxylation sites is 2. The Balaban J connectivity index is 1.12. The molecular weight excluding hydrogens is 687 g/mol. The second-order valence-electron chi connectivity index (χ2n) is 14.0. The zero-order valence-corrected chi connectivity index (χ0v) is 30.6. The number of thiophene rings is 1. The van der Waals surface area contributed by atoms with Crippen LogP contribution < -0.4 is 4.90 Å². The largest absolute Gasteiger partial charge is 0.456 e. The minimum Gasteiger partial charge on any atom is -0.456 e. The van der Waals surface area contributed by atoms with Crippen molar-refractivity contribution in [2.24, 2.45) is 0 Å². The van der Waals surface area contributed by atoms with E-state index >= 15 is 0 Å². The van der Waals surface area contributed by atoms with Gasteiger partial charge in [0.15, 0.2) is 0 Å². The van der Waals surface area contributed by atoms with Gasteiger partial charge in [0.2, 0.25) is 0 Å². The van der Waals surface area contributed by atoms with Gasteiger partial charge >= 0.3 is 0 Å². The van der Waals surface area contributed by atoms with Gasteiger partial charge in [-0.15, -0.1) is 11.3 Å². The molecule has 0 unspecified atom stereocenters. The summed E-state index contributed by atoms with van der Waals surface area (Å²) in [5.74, 6) is 0. The summed E-state index contributed by atoms with van der Waals surface area (Å²) in [5, 5.41) is 7.35. The van der Waals surface area contributed by atoms with Crippen molar-refractivity contribution in [1.82, 2.24) is 0 Å². The van der Waals surface area contributed by atoms with Crippen LogP contribution >= 0.6 is 11.3 Å². The van der Waals surface area contributed by atoms with Gasteiger partial charge in [0, 0.05) is 47.9 Å². The number of furan rings is 1. The molecule has 11 rings (SSSR count). The van der Waals surface area contributed by atoms with E-state index in [4.69, 9.17) is 4.42 Å². The Morgan fingerprint density at radius 1 is 0.382 bits per heavy atom. The predicted octanol–water partition coefficient (Wildman–Crippen LogP) is 15.6. The summed E-state index contributed by atoms with van der Waals surface area (Å²) in [7, 11) is 0. The van der Waals surface area contributed by atoms with Crippen LogP contribution in [0.3, 0.4) is 0 Å². The minimum absolute atomic E-state index is 0.887. The van der Waals surface area contributed by atoms with Crippen molar-refractivity contribution < 1.29 is 4.42 Å². The first-order chi connectivity index (χ1) is 27.3. The molecule has 0 atom stereocenters. The van der Waals surface area contributed by atoms with Crippen LogP contribution in [0.2, 0.25) is 0 Å². The highest BCUT2D eigenvalue weighted by molar-refractivity contribution is 7.26. The number of hydrogen-bond acceptors (Lipinski definition) is 3. The number of fused-ring (bicyclic) bond motifs is 7. The van der Waals surface area contributed by atoms with Crippen molar-refractivity contribution in [3.8, 4) is 33.4 Å². The molecular formula is C52H33NOS. The van der Waals surface area contributed by atoms with Gasteiger partial charge < -0.3 is 9.32 Å². The Morgan fingerprint density at radius 3 is 1.95 bits per heavy atom. The smallest absolute Gasteiger partial charge is 0.136 e. The lowest BCUT2D eigenvalue weighted by Gasteiger charge is -2.28. The molecule has 0 bridgehead atoms. The van der Waals surface area contributed by atoms with E-state index in [1.165, 1.54) is 53.2 Å². The fraction of sp³-hybridized carbons (Fsp3) is 0. The highest BCUT2D eigenvalue weighted by Gasteiger charge is 2.21. The van der Waals surface area contributed by atoms with Gasteiger partial charge in [0.25, 0.3) is 0 Å². The number of benzene rings is 9. The molecule has 0 aliphatic heterocycles. The van der Waals surface area contributed by atoms with Gasteiger partial charge in [0.1, 0.15) is 11.2 Å². The minimum atomic E-state index is 0.887. The van der Waals surface area contributed by atoms with Gasteiger partial charge in [-0.25, -0.2) is 0 Å². The van der Waals surface area contributed by atoms with Crippen molar-refractivity contribution in [3.05, 3.63) is 200 Å². The van der Waals surface area contributed by atoms with Crippen molar-refractivity contribution in [2.45, 2.75) is 0 Å². The van der Waals surface area contributed by atoms with Crippen LogP contribution in [0.5, 0.6) is 0 Å². The van der Waals surface area contributed by atoms with Crippen LogP contribution in [-0.2, 0) is 0 Å². The molecule has 9 aromatic carbocycles. The van der Waals surface area contributed by atoms with Crippen LogP contribution in [0.1, 0.15) is 0 Å². The lowest BCUT2D eigenvalue weighted by Crippen LogP contribution is -2.11. The van der Waals surface area contributed by atoms with E-state index in [9.17, 15) is 0 Å². The second kappa shape index (κ2) is 12.9. The fourth-order valence-corrected chi connectivity index (χ4v) is 9.62. The van der Waals surface area contributed by atoms with Crippen LogP contribution in [0, 0.1) is 0 Å². The summed E-state index contributed by atoms with van der Waals surface area (Å²) in [5.41, 5.74) is 12.2. The molecule has 0 saturated carbocycles. The molecule has 3 heteroatoms.